The zero-order chi connectivity index (χ0) is 13.9. The molecule has 0 aliphatic carbocycles. The van der Waals surface area contributed by atoms with Crippen molar-refractivity contribution in [3.05, 3.63) is 28.8 Å². The molecule has 1 unspecified atom stereocenters. The van der Waals surface area contributed by atoms with Gasteiger partial charge in [0.25, 0.3) is 0 Å². The molecule has 1 rings (SSSR count). The topological polar surface area (TPSA) is 96.2 Å². The molecule has 3 N–H and O–H groups in total. The quantitative estimate of drug-likeness (QED) is 0.681. The standard InChI is InChI=1S/C12H16O6/c1-6-7(11(15)16)4-5-8(13)9(6)10(14)12(17-2)18-3/h4-5,10,12-14H,1-3H3,(H,15,16). The number of phenols is 1. The molecular weight excluding hydrogens is 240 g/mol. The van der Waals surface area contributed by atoms with Crippen molar-refractivity contribution < 1.29 is 29.6 Å². The van der Waals surface area contributed by atoms with Crippen LogP contribution < -0.4 is 0 Å². The van der Waals surface area contributed by atoms with Crippen LogP contribution in [0.1, 0.15) is 27.6 Å². The highest BCUT2D eigenvalue weighted by Gasteiger charge is 2.27. The molecule has 1 atom stereocenters. The number of methoxy groups -OCH3 is 2. The number of benzene rings is 1. The van der Waals surface area contributed by atoms with Gasteiger partial charge in [-0.1, -0.05) is 0 Å². The number of carbonyl (C=O) groups is 1. The number of aliphatic hydroxyl groups is 1. The van der Waals surface area contributed by atoms with Crippen LogP contribution in [0.15, 0.2) is 12.1 Å². The third kappa shape index (κ3) is 2.61. The van der Waals surface area contributed by atoms with Crippen LogP contribution in [0.2, 0.25) is 0 Å². The van der Waals surface area contributed by atoms with Gasteiger partial charge in [-0.2, -0.15) is 0 Å². The second-order valence-corrected chi connectivity index (χ2v) is 3.76. The Morgan fingerprint density at radius 2 is 1.83 bits per heavy atom. The molecule has 0 aliphatic heterocycles. The number of aromatic carboxylic acids is 1. The first-order chi connectivity index (χ1) is 8.43. The molecule has 0 spiro atoms. The van der Waals surface area contributed by atoms with E-state index in [9.17, 15) is 15.0 Å². The first-order valence-corrected chi connectivity index (χ1v) is 5.23. The molecule has 0 saturated carbocycles. The van der Waals surface area contributed by atoms with Gasteiger partial charge in [-0.15, -0.1) is 0 Å². The van der Waals surface area contributed by atoms with Crippen molar-refractivity contribution in [3.63, 3.8) is 0 Å². The van der Waals surface area contributed by atoms with Crippen molar-refractivity contribution >= 4 is 5.97 Å². The fourth-order valence-electron chi connectivity index (χ4n) is 1.81. The molecule has 6 nitrogen and oxygen atoms in total. The van der Waals surface area contributed by atoms with Gasteiger partial charge in [-0.3, -0.25) is 0 Å². The average molecular weight is 256 g/mol. The van der Waals surface area contributed by atoms with Crippen molar-refractivity contribution in [3.8, 4) is 5.75 Å². The lowest BCUT2D eigenvalue weighted by molar-refractivity contribution is -0.166. The molecule has 0 fully saturated rings. The van der Waals surface area contributed by atoms with Gasteiger partial charge in [-0.25, -0.2) is 4.79 Å². The van der Waals surface area contributed by atoms with Crippen molar-refractivity contribution in [2.45, 2.75) is 19.3 Å². The van der Waals surface area contributed by atoms with Gasteiger partial charge < -0.3 is 24.8 Å². The highest BCUT2D eigenvalue weighted by molar-refractivity contribution is 5.90. The van der Waals surface area contributed by atoms with E-state index in [2.05, 4.69) is 0 Å². The lowest BCUT2D eigenvalue weighted by atomic mass is 9.97. The minimum Gasteiger partial charge on any atom is -0.508 e. The van der Waals surface area contributed by atoms with Crippen LogP contribution in [0, 0.1) is 6.92 Å². The molecule has 0 amide bonds. The van der Waals surface area contributed by atoms with Gasteiger partial charge >= 0.3 is 5.97 Å². The largest absolute Gasteiger partial charge is 0.508 e. The smallest absolute Gasteiger partial charge is 0.335 e. The number of aromatic hydroxyl groups is 1. The van der Waals surface area contributed by atoms with Gasteiger partial charge in [0.1, 0.15) is 11.9 Å². The zero-order valence-corrected chi connectivity index (χ0v) is 10.4. The molecule has 6 heteroatoms. The summed E-state index contributed by atoms with van der Waals surface area (Å²) in [5.41, 5.74) is 0.366. The van der Waals surface area contributed by atoms with Crippen LogP contribution in [0.25, 0.3) is 0 Å². The number of hydrogen-bond donors (Lipinski definition) is 3. The van der Waals surface area contributed by atoms with E-state index < -0.39 is 18.4 Å². The lowest BCUT2D eigenvalue weighted by Crippen LogP contribution is -2.24. The molecule has 0 aliphatic rings. The Morgan fingerprint density at radius 1 is 1.28 bits per heavy atom. The van der Waals surface area contributed by atoms with Crippen LogP contribution in [-0.4, -0.2) is 41.8 Å². The van der Waals surface area contributed by atoms with Gasteiger partial charge in [-0.05, 0) is 24.6 Å². The summed E-state index contributed by atoms with van der Waals surface area (Å²) in [6, 6.07) is 2.50. The Morgan fingerprint density at radius 3 is 2.28 bits per heavy atom. The maximum atomic E-state index is 11.0. The van der Waals surface area contributed by atoms with Crippen LogP contribution in [0.4, 0.5) is 0 Å². The molecule has 0 radical (unpaired) electrons. The molecular formula is C12H16O6. The van der Waals surface area contributed by atoms with E-state index in [-0.39, 0.29) is 22.4 Å². The van der Waals surface area contributed by atoms with E-state index in [4.69, 9.17) is 14.6 Å². The Kier molecular flexibility index (Phi) is 4.66. The van der Waals surface area contributed by atoms with Gasteiger partial charge in [0.2, 0.25) is 0 Å². The lowest BCUT2D eigenvalue weighted by Gasteiger charge is -2.23. The number of aliphatic hydroxyl groups excluding tert-OH is 1. The van der Waals surface area contributed by atoms with E-state index in [0.29, 0.717) is 0 Å². The summed E-state index contributed by atoms with van der Waals surface area (Å²) < 4.78 is 9.79. The van der Waals surface area contributed by atoms with Crippen molar-refractivity contribution in [1.29, 1.82) is 0 Å². The Labute approximate surface area is 104 Å². The Bertz CT molecular complexity index is 438. The van der Waals surface area contributed by atoms with Crippen LogP contribution in [-0.2, 0) is 9.47 Å². The highest BCUT2D eigenvalue weighted by atomic mass is 16.7. The molecule has 0 aromatic heterocycles. The zero-order valence-electron chi connectivity index (χ0n) is 10.4. The minimum atomic E-state index is -1.28. The van der Waals surface area contributed by atoms with Crippen LogP contribution >= 0.6 is 0 Å². The fraction of sp³-hybridized carbons (Fsp3) is 0.417. The molecule has 1 aromatic rings. The van der Waals surface area contributed by atoms with E-state index in [1.54, 1.807) is 0 Å². The summed E-state index contributed by atoms with van der Waals surface area (Å²) in [7, 11) is 2.68. The Hall–Kier alpha value is -1.63. The molecule has 0 bridgehead atoms. The predicted molar refractivity (Wildman–Crippen MR) is 62.6 cm³/mol. The third-order valence-electron chi connectivity index (χ3n) is 2.74. The average Bonchev–Trinajstić information content (AvgIpc) is 2.30. The molecule has 0 heterocycles. The first-order valence-electron chi connectivity index (χ1n) is 5.23. The number of rotatable bonds is 5. The Balaban J connectivity index is 3.30. The number of hydrogen-bond acceptors (Lipinski definition) is 5. The molecule has 100 valence electrons. The number of carboxylic acid groups (broad SMARTS) is 1. The second kappa shape index (κ2) is 5.81. The van der Waals surface area contributed by atoms with Crippen molar-refractivity contribution in [1.82, 2.24) is 0 Å². The normalized spacial score (nSPS) is 12.7. The monoisotopic (exact) mass is 256 g/mol. The number of carboxylic acids is 1. The SMILES string of the molecule is COC(OC)C(O)c1c(O)ccc(C(=O)O)c1C. The van der Waals surface area contributed by atoms with Gasteiger partial charge in [0.15, 0.2) is 6.29 Å². The van der Waals surface area contributed by atoms with Crippen molar-refractivity contribution in [2.24, 2.45) is 0 Å². The first kappa shape index (κ1) is 14.4. The highest BCUT2D eigenvalue weighted by Crippen LogP contribution is 2.32. The van der Waals surface area contributed by atoms with E-state index in [1.807, 2.05) is 0 Å². The molecule has 18 heavy (non-hydrogen) atoms. The number of phenolic OH excluding ortho intramolecular Hbond substituents is 1. The van der Waals surface area contributed by atoms with Crippen LogP contribution in [0.3, 0.4) is 0 Å². The summed E-state index contributed by atoms with van der Waals surface area (Å²) in [6.07, 6.45) is -2.27. The minimum absolute atomic E-state index is 0.00723. The summed E-state index contributed by atoms with van der Waals surface area (Å²) in [4.78, 5) is 11.0. The second-order valence-electron chi connectivity index (χ2n) is 3.76. The summed E-state index contributed by atoms with van der Waals surface area (Å²) in [5, 5.41) is 28.8. The maximum Gasteiger partial charge on any atom is 0.335 e. The fourth-order valence-corrected chi connectivity index (χ4v) is 1.81. The third-order valence-corrected chi connectivity index (χ3v) is 2.74. The number of ether oxygens (including phenoxy) is 2. The maximum absolute atomic E-state index is 11.0. The van der Waals surface area contributed by atoms with Crippen LogP contribution in [0.5, 0.6) is 5.75 Å². The molecule has 1 aromatic carbocycles. The van der Waals surface area contributed by atoms with E-state index in [1.165, 1.54) is 33.3 Å². The predicted octanol–water partition coefficient (Wildman–Crippen LogP) is 1.05. The van der Waals surface area contributed by atoms with Crippen molar-refractivity contribution in [2.75, 3.05) is 14.2 Å². The summed E-state index contributed by atoms with van der Waals surface area (Å²) >= 11 is 0. The van der Waals surface area contributed by atoms with Gasteiger partial charge in [0.05, 0.1) is 5.56 Å². The summed E-state index contributed by atoms with van der Waals surface area (Å²) in [6.45, 7) is 1.50. The van der Waals surface area contributed by atoms with E-state index in [0.717, 1.165) is 0 Å². The van der Waals surface area contributed by atoms with Gasteiger partial charge in [0, 0.05) is 19.8 Å². The summed E-state index contributed by atoms with van der Waals surface area (Å²) in [5.74, 6) is -1.34. The molecule has 0 saturated heterocycles. The van der Waals surface area contributed by atoms with E-state index >= 15 is 0 Å².